The molecule has 162 valence electrons. The molecule has 0 radical (unpaired) electrons. The first-order chi connectivity index (χ1) is 15.6. The van der Waals surface area contributed by atoms with Crippen molar-refractivity contribution < 1.29 is 19.4 Å². The molecule has 1 fully saturated rings. The van der Waals surface area contributed by atoms with Crippen molar-refractivity contribution in [2.45, 2.75) is 0 Å². The number of hydrogen-bond acceptors (Lipinski definition) is 5. The first-order valence-corrected chi connectivity index (χ1v) is 10.7. The van der Waals surface area contributed by atoms with Gasteiger partial charge in [-0.1, -0.05) is 24.3 Å². The second kappa shape index (κ2) is 9.67. The van der Waals surface area contributed by atoms with Crippen molar-refractivity contribution in [1.29, 1.82) is 0 Å². The number of carboxylic acids is 1. The van der Waals surface area contributed by atoms with E-state index in [1.165, 1.54) is 11.8 Å². The zero-order valence-corrected chi connectivity index (χ0v) is 18.2. The first kappa shape index (κ1) is 21.6. The molecule has 1 aromatic heterocycles. The number of methoxy groups -OCH3 is 1. The van der Waals surface area contributed by atoms with Gasteiger partial charge in [0, 0.05) is 24.7 Å². The van der Waals surface area contributed by atoms with Gasteiger partial charge in [-0.2, -0.15) is 0 Å². The smallest absolute Gasteiger partial charge is 0.335 e. The monoisotopic (exact) mass is 447 g/mol. The lowest BCUT2D eigenvalue weighted by molar-refractivity contribution is -0.122. The van der Waals surface area contributed by atoms with E-state index in [2.05, 4.69) is 4.99 Å². The van der Waals surface area contributed by atoms with Gasteiger partial charge in [0.15, 0.2) is 5.17 Å². The van der Waals surface area contributed by atoms with Crippen LogP contribution in [0.5, 0.6) is 0 Å². The Morgan fingerprint density at radius 2 is 1.94 bits per heavy atom. The van der Waals surface area contributed by atoms with Crippen molar-refractivity contribution in [2.24, 2.45) is 4.99 Å². The van der Waals surface area contributed by atoms with Crippen LogP contribution in [0.25, 0.3) is 11.8 Å². The van der Waals surface area contributed by atoms with Crippen LogP contribution in [0.4, 0.5) is 5.69 Å². The maximum absolute atomic E-state index is 13.1. The number of carbonyl (C=O) groups excluding carboxylic acids is 1. The molecular formula is C24H21N3O4S. The number of benzene rings is 2. The predicted molar refractivity (Wildman–Crippen MR) is 125 cm³/mol. The van der Waals surface area contributed by atoms with Gasteiger partial charge >= 0.3 is 5.97 Å². The van der Waals surface area contributed by atoms with Crippen LogP contribution in [0.1, 0.15) is 16.1 Å². The number of nitrogens with zero attached hydrogens (tertiary/aromatic N) is 3. The molecule has 1 saturated heterocycles. The fraction of sp³-hybridized carbons (Fsp3) is 0.125. The Labute approximate surface area is 189 Å². The van der Waals surface area contributed by atoms with Gasteiger partial charge in [-0.05, 0) is 60.3 Å². The first-order valence-electron chi connectivity index (χ1n) is 9.92. The van der Waals surface area contributed by atoms with Gasteiger partial charge in [0.05, 0.1) is 29.3 Å². The Kier molecular flexibility index (Phi) is 6.53. The molecule has 1 aliphatic rings. The molecule has 4 rings (SSSR count). The van der Waals surface area contributed by atoms with E-state index in [-0.39, 0.29) is 11.5 Å². The van der Waals surface area contributed by atoms with E-state index in [9.17, 15) is 14.7 Å². The summed E-state index contributed by atoms with van der Waals surface area (Å²) in [6.07, 6.45) is 3.63. The van der Waals surface area contributed by atoms with Crippen LogP contribution in [0, 0.1) is 0 Å². The Morgan fingerprint density at radius 3 is 2.69 bits per heavy atom. The molecule has 3 aromatic rings. The highest BCUT2D eigenvalue weighted by molar-refractivity contribution is 8.18. The Morgan fingerprint density at radius 1 is 1.12 bits per heavy atom. The number of aromatic nitrogens is 1. The largest absolute Gasteiger partial charge is 0.478 e. The molecule has 0 aliphatic carbocycles. The summed E-state index contributed by atoms with van der Waals surface area (Å²) in [5.41, 5.74) is 2.42. The van der Waals surface area contributed by atoms with Crippen LogP contribution < -0.4 is 0 Å². The van der Waals surface area contributed by atoms with Crippen LogP contribution in [0.2, 0.25) is 0 Å². The standard InChI is InChI=1S/C24H21N3O4S/c1-31-14-13-27-22(28)21(32-24(27)25-18-8-3-2-4-9-18)16-20-11-6-12-26(20)19-10-5-7-17(15-19)23(29)30/h2-12,15-16H,13-14H2,1H3,(H,29,30). The minimum absolute atomic E-state index is 0.145. The highest BCUT2D eigenvalue weighted by atomic mass is 32.2. The average molecular weight is 448 g/mol. The van der Waals surface area contributed by atoms with E-state index in [4.69, 9.17) is 4.74 Å². The van der Waals surface area contributed by atoms with Gasteiger partial charge in [0.2, 0.25) is 0 Å². The van der Waals surface area contributed by atoms with E-state index in [0.29, 0.717) is 28.9 Å². The molecule has 0 saturated carbocycles. The minimum Gasteiger partial charge on any atom is -0.478 e. The molecule has 1 N–H and O–H groups in total. The molecule has 7 nitrogen and oxygen atoms in total. The molecule has 2 aromatic carbocycles. The van der Waals surface area contributed by atoms with E-state index >= 15 is 0 Å². The molecule has 1 aliphatic heterocycles. The summed E-state index contributed by atoms with van der Waals surface area (Å²) in [5.74, 6) is -1.13. The summed E-state index contributed by atoms with van der Waals surface area (Å²) in [4.78, 5) is 31.3. The van der Waals surface area contributed by atoms with Gasteiger partial charge in [-0.15, -0.1) is 0 Å². The average Bonchev–Trinajstić information content (AvgIpc) is 3.38. The lowest BCUT2D eigenvalue weighted by Crippen LogP contribution is -2.32. The zero-order valence-electron chi connectivity index (χ0n) is 17.3. The number of carboxylic acid groups (broad SMARTS) is 1. The molecule has 0 unspecified atom stereocenters. The number of thioether (sulfide) groups is 1. The maximum Gasteiger partial charge on any atom is 0.335 e. The molecule has 32 heavy (non-hydrogen) atoms. The molecule has 1 amide bonds. The van der Waals surface area contributed by atoms with Gasteiger partial charge in [0.25, 0.3) is 5.91 Å². The third kappa shape index (κ3) is 4.66. The molecule has 0 bridgehead atoms. The fourth-order valence-corrected chi connectivity index (χ4v) is 4.26. The van der Waals surface area contributed by atoms with Crippen molar-refractivity contribution in [3.63, 3.8) is 0 Å². The summed E-state index contributed by atoms with van der Waals surface area (Å²) < 4.78 is 7.02. The Bertz CT molecular complexity index is 1200. The Balaban J connectivity index is 1.68. The lowest BCUT2D eigenvalue weighted by Gasteiger charge is -2.14. The highest BCUT2D eigenvalue weighted by Gasteiger charge is 2.33. The van der Waals surface area contributed by atoms with Crippen molar-refractivity contribution in [3.8, 4) is 5.69 Å². The zero-order chi connectivity index (χ0) is 22.5. The van der Waals surface area contributed by atoms with Crippen molar-refractivity contribution in [3.05, 3.63) is 89.1 Å². The maximum atomic E-state index is 13.1. The lowest BCUT2D eigenvalue weighted by atomic mass is 10.2. The summed E-state index contributed by atoms with van der Waals surface area (Å²) in [6, 6.07) is 19.9. The number of aromatic carboxylic acids is 1. The van der Waals surface area contributed by atoms with Crippen LogP contribution >= 0.6 is 11.8 Å². The molecule has 8 heteroatoms. The molecular weight excluding hydrogens is 426 g/mol. The fourth-order valence-electron chi connectivity index (χ4n) is 3.25. The van der Waals surface area contributed by atoms with E-state index in [1.807, 2.05) is 59.3 Å². The topological polar surface area (TPSA) is 84.1 Å². The van der Waals surface area contributed by atoms with E-state index in [1.54, 1.807) is 36.3 Å². The molecule has 2 heterocycles. The van der Waals surface area contributed by atoms with E-state index in [0.717, 1.165) is 11.4 Å². The van der Waals surface area contributed by atoms with Crippen LogP contribution in [0.15, 0.2) is 82.8 Å². The van der Waals surface area contributed by atoms with Crippen LogP contribution in [-0.2, 0) is 9.53 Å². The van der Waals surface area contributed by atoms with Gasteiger partial charge in [-0.3, -0.25) is 9.69 Å². The van der Waals surface area contributed by atoms with Crippen LogP contribution in [0.3, 0.4) is 0 Å². The quantitative estimate of drug-likeness (QED) is 0.542. The molecule has 0 atom stereocenters. The number of rotatable bonds is 7. The third-order valence-corrected chi connectivity index (χ3v) is 5.83. The van der Waals surface area contributed by atoms with Gasteiger partial charge in [-0.25, -0.2) is 9.79 Å². The third-order valence-electron chi connectivity index (χ3n) is 4.82. The number of aliphatic imine (C=N–C) groups is 1. The summed E-state index contributed by atoms with van der Waals surface area (Å²) in [6.45, 7) is 0.790. The number of ether oxygens (including phenoxy) is 1. The summed E-state index contributed by atoms with van der Waals surface area (Å²) >= 11 is 1.31. The Hall–Kier alpha value is -3.62. The molecule has 0 spiro atoms. The minimum atomic E-state index is -0.990. The van der Waals surface area contributed by atoms with Crippen LogP contribution in [-0.4, -0.2) is 51.9 Å². The van der Waals surface area contributed by atoms with Crippen molar-refractivity contribution in [1.82, 2.24) is 9.47 Å². The number of para-hydroxylation sites is 1. The number of amidine groups is 1. The van der Waals surface area contributed by atoms with Crippen molar-refractivity contribution in [2.75, 3.05) is 20.3 Å². The summed E-state index contributed by atoms with van der Waals surface area (Å²) in [5, 5.41) is 9.89. The SMILES string of the molecule is COCCN1C(=O)C(=Cc2cccn2-c2cccc(C(=O)O)c2)SC1=Nc1ccccc1. The highest BCUT2D eigenvalue weighted by Crippen LogP contribution is 2.34. The second-order valence-electron chi connectivity index (χ2n) is 6.95. The van der Waals surface area contributed by atoms with Crippen molar-refractivity contribution >= 4 is 40.6 Å². The second-order valence-corrected chi connectivity index (χ2v) is 7.96. The normalized spacial score (nSPS) is 16.3. The number of amides is 1. The number of carbonyl (C=O) groups is 2. The summed E-state index contributed by atoms with van der Waals surface area (Å²) in [7, 11) is 1.59. The number of hydrogen-bond donors (Lipinski definition) is 1. The predicted octanol–water partition coefficient (Wildman–Crippen LogP) is 4.43. The van der Waals surface area contributed by atoms with Gasteiger partial charge < -0.3 is 14.4 Å². The van der Waals surface area contributed by atoms with Gasteiger partial charge in [0.1, 0.15) is 0 Å². The van der Waals surface area contributed by atoms with E-state index < -0.39 is 5.97 Å².